The highest BCUT2D eigenvalue weighted by atomic mass is 16.6. The fraction of sp³-hybridized carbons (Fsp3) is 0.923. The summed E-state index contributed by atoms with van der Waals surface area (Å²) >= 11 is 0. The number of esters is 3. The van der Waals surface area contributed by atoms with Gasteiger partial charge in [0.2, 0.25) is 0 Å². The summed E-state index contributed by atoms with van der Waals surface area (Å²) in [5.41, 5.74) is 0. The molecule has 0 bridgehead atoms. The van der Waals surface area contributed by atoms with Crippen LogP contribution in [0.2, 0.25) is 0 Å². The average Bonchev–Trinajstić information content (AvgIpc) is 3.37. The molecule has 0 N–H and O–H groups in total. The van der Waals surface area contributed by atoms with Crippen LogP contribution >= 0.6 is 0 Å². The van der Waals surface area contributed by atoms with Crippen LogP contribution < -0.4 is 0 Å². The van der Waals surface area contributed by atoms with Crippen LogP contribution in [-0.4, -0.2) is 37.2 Å². The van der Waals surface area contributed by atoms with Crippen LogP contribution in [0, 0.1) is 0 Å². The van der Waals surface area contributed by atoms with Gasteiger partial charge in [0.1, 0.15) is 13.2 Å². The molecule has 0 aromatic heterocycles. The number of rotatable bonds is 60. The van der Waals surface area contributed by atoms with E-state index in [4.69, 9.17) is 14.2 Å². The predicted octanol–water partition coefficient (Wildman–Crippen LogP) is 21.7. The van der Waals surface area contributed by atoms with Crippen molar-refractivity contribution in [2.24, 2.45) is 0 Å². The van der Waals surface area contributed by atoms with Gasteiger partial charge in [-0.1, -0.05) is 315 Å². The van der Waals surface area contributed by atoms with Gasteiger partial charge >= 0.3 is 17.9 Å². The molecule has 0 aliphatic heterocycles. The Morgan fingerprint density at radius 2 is 0.465 bits per heavy atom. The Bertz CT molecular complexity index is 1100. The topological polar surface area (TPSA) is 78.9 Å². The fourth-order valence-corrected chi connectivity index (χ4v) is 9.91. The van der Waals surface area contributed by atoms with Gasteiger partial charge in [-0.15, -0.1) is 0 Å². The minimum atomic E-state index is -0.770. The molecule has 0 amide bonds. The van der Waals surface area contributed by atoms with Gasteiger partial charge in [-0.25, -0.2) is 0 Å². The van der Waals surface area contributed by atoms with E-state index >= 15 is 0 Å². The maximum absolute atomic E-state index is 12.9. The number of hydrogen-bond acceptors (Lipinski definition) is 6. The summed E-state index contributed by atoms with van der Waals surface area (Å²) in [6.45, 7) is 6.71. The molecule has 0 radical (unpaired) electrons. The van der Waals surface area contributed by atoms with Crippen molar-refractivity contribution in [2.75, 3.05) is 13.2 Å². The largest absolute Gasteiger partial charge is 0.462 e. The van der Waals surface area contributed by atoms with Crippen LogP contribution in [0.4, 0.5) is 0 Å². The van der Waals surface area contributed by atoms with E-state index in [1.165, 1.54) is 263 Å². The van der Waals surface area contributed by atoms with E-state index < -0.39 is 6.10 Å². The van der Waals surface area contributed by atoms with Crippen LogP contribution in [0.25, 0.3) is 0 Å². The second kappa shape index (κ2) is 60.7. The molecule has 0 aromatic rings. The minimum Gasteiger partial charge on any atom is -0.462 e. The molecule has 0 rings (SSSR count). The minimum absolute atomic E-state index is 0.0669. The molecule has 71 heavy (non-hydrogen) atoms. The lowest BCUT2D eigenvalue weighted by atomic mass is 10.0. The average molecular weight is 1000 g/mol. The summed E-state index contributed by atoms with van der Waals surface area (Å²) in [6.07, 6.45) is 70.7. The van der Waals surface area contributed by atoms with Crippen LogP contribution in [0.1, 0.15) is 367 Å². The summed E-state index contributed by atoms with van der Waals surface area (Å²) in [4.78, 5) is 38.3. The molecule has 0 aliphatic carbocycles. The Hall–Kier alpha value is -1.85. The summed E-state index contributed by atoms with van der Waals surface area (Å²) < 4.78 is 16.9. The first kappa shape index (κ1) is 69.2. The molecule has 1 atom stereocenters. The molecule has 6 heteroatoms. The van der Waals surface area contributed by atoms with Crippen molar-refractivity contribution in [3.63, 3.8) is 0 Å². The molecule has 420 valence electrons. The molecule has 0 heterocycles. The third-order valence-electron chi connectivity index (χ3n) is 14.8. The maximum atomic E-state index is 12.9. The Kier molecular flexibility index (Phi) is 59.1. The second-order valence-corrected chi connectivity index (χ2v) is 22.0. The smallest absolute Gasteiger partial charge is 0.306 e. The molecule has 6 nitrogen and oxygen atoms in total. The number of unbranched alkanes of at least 4 members (excludes halogenated alkanes) is 47. The number of hydrogen-bond donors (Lipinski definition) is 0. The first-order chi connectivity index (χ1) is 35.0. The van der Waals surface area contributed by atoms with Crippen molar-refractivity contribution in [2.45, 2.75) is 374 Å². The molecule has 0 fully saturated rings. The second-order valence-electron chi connectivity index (χ2n) is 22.0. The van der Waals surface area contributed by atoms with Crippen molar-refractivity contribution in [3.05, 3.63) is 12.2 Å². The van der Waals surface area contributed by atoms with Crippen molar-refractivity contribution >= 4 is 17.9 Å². The fourth-order valence-electron chi connectivity index (χ4n) is 9.91. The third-order valence-corrected chi connectivity index (χ3v) is 14.8. The zero-order chi connectivity index (χ0) is 51.4. The van der Waals surface area contributed by atoms with Gasteiger partial charge < -0.3 is 14.2 Å². The molecular formula is C65H124O6. The Morgan fingerprint density at radius 1 is 0.268 bits per heavy atom. The lowest BCUT2D eigenvalue weighted by Crippen LogP contribution is -2.30. The highest BCUT2D eigenvalue weighted by Gasteiger charge is 2.19. The highest BCUT2D eigenvalue weighted by Crippen LogP contribution is 2.18. The zero-order valence-electron chi connectivity index (χ0n) is 48.3. The number of ether oxygens (including phenoxy) is 3. The van der Waals surface area contributed by atoms with Crippen LogP contribution in [0.15, 0.2) is 12.2 Å². The molecule has 0 saturated carbocycles. The molecule has 0 saturated heterocycles. The van der Waals surface area contributed by atoms with Gasteiger partial charge in [-0.2, -0.15) is 0 Å². The summed E-state index contributed by atoms with van der Waals surface area (Å²) in [7, 11) is 0. The summed E-state index contributed by atoms with van der Waals surface area (Å²) in [5.74, 6) is -0.844. The first-order valence-electron chi connectivity index (χ1n) is 32.2. The monoisotopic (exact) mass is 1000 g/mol. The Morgan fingerprint density at radius 3 is 0.704 bits per heavy atom. The predicted molar refractivity (Wildman–Crippen MR) is 307 cm³/mol. The van der Waals surface area contributed by atoms with Crippen LogP contribution in [0.5, 0.6) is 0 Å². The first-order valence-corrected chi connectivity index (χ1v) is 32.2. The Balaban J connectivity index is 4.27. The number of allylic oxidation sites excluding steroid dienone is 2. The molecule has 0 aliphatic rings. The summed E-state index contributed by atoms with van der Waals surface area (Å²) in [6, 6.07) is 0. The molecular weight excluding hydrogens is 877 g/mol. The maximum Gasteiger partial charge on any atom is 0.306 e. The van der Waals surface area contributed by atoms with Gasteiger partial charge in [-0.3, -0.25) is 14.4 Å². The van der Waals surface area contributed by atoms with E-state index in [2.05, 4.69) is 32.9 Å². The van der Waals surface area contributed by atoms with E-state index in [1.807, 2.05) is 0 Å². The molecule has 1 unspecified atom stereocenters. The number of carbonyl (C=O) groups is 3. The van der Waals surface area contributed by atoms with Gasteiger partial charge in [-0.05, 0) is 44.9 Å². The summed E-state index contributed by atoms with van der Waals surface area (Å²) in [5, 5.41) is 0. The Labute approximate surface area is 443 Å². The molecule has 0 aromatic carbocycles. The van der Waals surface area contributed by atoms with Crippen molar-refractivity contribution in [1.29, 1.82) is 0 Å². The standard InChI is InChI=1S/C65H124O6/c1-4-7-10-13-16-19-22-25-28-30-31-32-33-35-38-40-43-46-49-52-55-58-64(67)70-61-62(71-65(68)59-56-53-50-47-44-41-36-27-24-21-18-15-12-9-6-3)60-69-63(66)57-54-51-48-45-42-39-37-34-29-26-23-20-17-14-11-8-5-2/h27,36,62H,4-26,28-35,37-61H2,1-3H3/b36-27-. The lowest BCUT2D eigenvalue weighted by Gasteiger charge is -2.18. The van der Waals surface area contributed by atoms with E-state index in [-0.39, 0.29) is 31.1 Å². The van der Waals surface area contributed by atoms with E-state index in [0.717, 1.165) is 64.2 Å². The normalized spacial score (nSPS) is 12.0. The van der Waals surface area contributed by atoms with Crippen LogP contribution in [-0.2, 0) is 28.6 Å². The number of carbonyl (C=O) groups excluding carboxylic acids is 3. The highest BCUT2D eigenvalue weighted by molar-refractivity contribution is 5.71. The van der Waals surface area contributed by atoms with Crippen molar-refractivity contribution in [3.8, 4) is 0 Å². The van der Waals surface area contributed by atoms with Gasteiger partial charge in [0.05, 0.1) is 0 Å². The van der Waals surface area contributed by atoms with Crippen LogP contribution in [0.3, 0.4) is 0 Å². The van der Waals surface area contributed by atoms with E-state index in [9.17, 15) is 14.4 Å². The SMILES string of the molecule is CCCCCCCC/C=C\CCCCCCCC(=O)OC(COC(=O)CCCCCCCCCCCCCCCCCCC)COC(=O)CCCCCCCCCCCCCCCCCCCCCCC. The van der Waals surface area contributed by atoms with Gasteiger partial charge in [0, 0.05) is 19.3 Å². The third kappa shape index (κ3) is 58.9. The molecule has 0 spiro atoms. The van der Waals surface area contributed by atoms with Gasteiger partial charge in [0.25, 0.3) is 0 Å². The lowest BCUT2D eigenvalue weighted by molar-refractivity contribution is -0.167. The van der Waals surface area contributed by atoms with E-state index in [1.54, 1.807) is 0 Å². The van der Waals surface area contributed by atoms with E-state index in [0.29, 0.717) is 19.3 Å². The zero-order valence-corrected chi connectivity index (χ0v) is 48.3. The van der Waals surface area contributed by atoms with Crippen molar-refractivity contribution < 1.29 is 28.6 Å². The quantitative estimate of drug-likeness (QED) is 0.0261. The van der Waals surface area contributed by atoms with Gasteiger partial charge in [0.15, 0.2) is 6.10 Å². The van der Waals surface area contributed by atoms with Crippen molar-refractivity contribution in [1.82, 2.24) is 0 Å².